The third-order valence-electron chi connectivity index (χ3n) is 4.13. The van der Waals surface area contributed by atoms with E-state index in [9.17, 15) is 0 Å². The van der Waals surface area contributed by atoms with Crippen LogP contribution in [-0.4, -0.2) is 5.54 Å². The highest BCUT2D eigenvalue weighted by Crippen LogP contribution is 2.40. The fourth-order valence-corrected chi connectivity index (χ4v) is 4.08. The lowest BCUT2D eigenvalue weighted by molar-refractivity contribution is 0.352. The number of rotatable bonds is 3. The Kier molecular flexibility index (Phi) is 3.32. The molecule has 0 aliphatic carbocycles. The van der Waals surface area contributed by atoms with Crippen molar-refractivity contribution in [1.82, 2.24) is 0 Å². The first-order chi connectivity index (χ1) is 9.09. The standard InChI is InChI=1S/C16H18ClNS/c1-11(2)16(10-13-7-8-15(17)19-13)9-12-5-3-4-6-14(12)18-16/h3-8,11,18H,9-10H2,1-2H3. The van der Waals surface area contributed by atoms with Crippen LogP contribution in [-0.2, 0) is 12.8 Å². The second kappa shape index (κ2) is 4.84. The average molecular weight is 292 g/mol. The summed E-state index contributed by atoms with van der Waals surface area (Å²) in [5, 5.41) is 3.77. The number of nitrogens with one attached hydrogen (secondary N) is 1. The molecule has 0 saturated carbocycles. The Morgan fingerprint density at radius 3 is 2.68 bits per heavy atom. The van der Waals surface area contributed by atoms with Gasteiger partial charge in [0.2, 0.25) is 0 Å². The van der Waals surface area contributed by atoms with Gasteiger partial charge in [0, 0.05) is 22.5 Å². The second-order valence-electron chi connectivity index (χ2n) is 5.65. The Bertz CT molecular complexity index is 563. The smallest absolute Gasteiger partial charge is 0.0931 e. The minimum absolute atomic E-state index is 0.123. The van der Waals surface area contributed by atoms with E-state index in [4.69, 9.17) is 11.6 Å². The zero-order valence-corrected chi connectivity index (χ0v) is 12.8. The molecule has 0 saturated heterocycles. The molecule has 1 aromatic carbocycles. The Morgan fingerprint density at radius 2 is 2.05 bits per heavy atom. The number of hydrogen-bond acceptors (Lipinski definition) is 2. The molecule has 100 valence electrons. The average Bonchev–Trinajstić information content (AvgIpc) is 2.93. The van der Waals surface area contributed by atoms with Crippen molar-refractivity contribution < 1.29 is 0 Å². The molecule has 2 aromatic rings. The molecule has 3 heteroatoms. The molecule has 1 N–H and O–H groups in total. The Hall–Kier alpha value is -0.990. The number of benzene rings is 1. The molecule has 19 heavy (non-hydrogen) atoms. The Morgan fingerprint density at radius 1 is 1.26 bits per heavy atom. The summed E-state index contributed by atoms with van der Waals surface area (Å²) in [7, 11) is 0. The van der Waals surface area contributed by atoms with Gasteiger partial charge in [0.15, 0.2) is 0 Å². The highest BCUT2D eigenvalue weighted by molar-refractivity contribution is 7.16. The van der Waals surface area contributed by atoms with Crippen LogP contribution in [0.5, 0.6) is 0 Å². The third kappa shape index (κ3) is 2.39. The van der Waals surface area contributed by atoms with E-state index < -0.39 is 0 Å². The van der Waals surface area contributed by atoms with Gasteiger partial charge < -0.3 is 5.32 Å². The molecule has 0 amide bonds. The maximum Gasteiger partial charge on any atom is 0.0931 e. The minimum atomic E-state index is 0.123. The highest BCUT2D eigenvalue weighted by atomic mass is 35.5. The Labute approximate surface area is 123 Å². The largest absolute Gasteiger partial charge is 0.378 e. The maximum absolute atomic E-state index is 6.06. The van der Waals surface area contributed by atoms with E-state index in [1.807, 2.05) is 6.07 Å². The molecule has 0 fully saturated rings. The highest BCUT2D eigenvalue weighted by Gasteiger charge is 2.39. The molecule has 0 radical (unpaired) electrons. The van der Waals surface area contributed by atoms with Crippen LogP contribution in [0, 0.1) is 5.92 Å². The van der Waals surface area contributed by atoms with Crippen LogP contribution in [0.4, 0.5) is 5.69 Å². The first kappa shape index (κ1) is 13.0. The van der Waals surface area contributed by atoms with Gasteiger partial charge in [0.1, 0.15) is 0 Å². The van der Waals surface area contributed by atoms with Gasteiger partial charge in [-0.3, -0.25) is 0 Å². The van der Waals surface area contributed by atoms with Crippen LogP contribution in [0.3, 0.4) is 0 Å². The summed E-state index contributed by atoms with van der Waals surface area (Å²) in [6.45, 7) is 4.60. The predicted molar refractivity (Wildman–Crippen MR) is 84.4 cm³/mol. The van der Waals surface area contributed by atoms with E-state index >= 15 is 0 Å². The van der Waals surface area contributed by atoms with Crippen molar-refractivity contribution >= 4 is 28.6 Å². The molecule has 3 rings (SSSR count). The van der Waals surface area contributed by atoms with Crippen molar-refractivity contribution in [2.45, 2.75) is 32.2 Å². The van der Waals surface area contributed by atoms with Gasteiger partial charge >= 0.3 is 0 Å². The normalized spacial score (nSPS) is 21.5. The molecule has 1 atom stereocenters. The quantitative estimate of drug-likeness (QED) is 0.838. The lowest BCUT2D eigenvalue weighted by atomic mass is 9.80. The first-order valence-electron chi connectivity index (χ1n) is 6.69. The molecule has 1 aromatic heterocycles. The molecule has 1 nitrogen and oxygen atoms in total. The van der Waals surface area contributed by atoms with Crippen molar-refractivity contribution in [3.8, 4) is 0 Å². The first-order valence-corrected chi connectivity index (χ1v) is 7.89. The predicted octanol–water partition coefficient (Wildman–Crippen LogP) is 5.01. The van der Waals surface area contributed by atoms with Crippen molar-refractivity contribution in [2.24, 2.45) is 5.92 Å². The molecule has 1 aliphatic rings. The zero-order chi connectivity index (χ0) is 13.5. The lowest BCUT2D eigenvalue weighted by Crippen LogP contribution is -2.43. The van der Waals surface area contributed by atoms with Crippen LogP contribution in [0.15, 0.2) is 36.4 Å². The number of para-hydroxylation sites is 1. The molecule has 0 bridgehead atoms. The van der Waals surface area contributed by atoms with Crippen LogP contribution < -0.4 is 5.32 Å². The third-order valence-corrected chi connectivity index (χ3v) is 5.36. The van der Waals surface area contributed by atoms with E-state index in [0.717, 1.165) is 17.2 Å². The summed E-state index contributed by atoms with van der Waals surface area (Å²) >= 11 is 7.75. The van der Waals surface area contributed by atoms with Gasteiger partial charge in [0.25, 0.3) is 0 Å². The van der Waals surface area contributed by atoms with Crippen molar-refractivity contribution in [3.05, 3.63) is 51.2 Å². The fraction of sp³-hybridized carbons (Fsp3) is 0.375. The monoisotopic (exact) mass is 291 g/mol. The van der Waals surface area contributed by atoms with Gasteiger partial charge in [-0.25, -0.2) is 0 Å². The molecular weight excluding hydrogens is 274 g/mol. The zero-order valence-electron chi connectivity index (χ0n) is 11.2. The van der Waals surface area contributed by atoms with E-state index in [1.165, 1.54) is 16.1 Å². The fourth-order valence-electron chi connectivity index (χ4n) is 2.87. The van der Waals surface area contributed by atoms with E-state index in [-0.39, 0.29) is 5.54 Å². The number of halogens is 1. The van der Waals surface area contributed by atoms with Crippen LogP contribution in [0.25, 0.3) is 0 Å². The van der Waals surface area contributed by atoms with Crippen molar-refractivity contribution in [2.75, 3.05) is 5.32 Å². The molecule has 2 heterocycles. The van der Waals surface area contributed by atoms with Crippen molar-refractivity contribution in [3.63, 3.8) is 0 Å². The summed E-state index contributed by atoms with van der Waals surface area (Å²) in [5.74, 6) is 0.570. The van der Waals surface area contributed by atoms with E-state index in [2.05, 4.69) is 49.5 Å². The second-order valence-corrected chi connectivity index (χ2v) is 7.45. The molecule has 0 spiro atoms. The summed E-state index contributed by atoms with van der Waals surface area (Å²) in [6.07, 6.45) is 2.13. The number of thiophene rings is 1. The Balaban J connectivity index is 1.91. The van der Waals surface area contributed by atoms with Crippen LogP contribution in [0.1, 0.15) is 24.3 Å². The summed E-state index contributed by atoms with van der Waals surface area (Å²) in [6, 6.07) is 12.8. The van der Waals surface area contributed by atoms with Gasteiger partial charge in [-0.1, -0.05) is 43.6 Å². The number of anilines is 1. The summed E-state index contributed by atoms with van der Waals surface area (Å²) in [4.78, 5) is 1.36. The lowest BCUT2D eigenvalue weighted by Gasteiger charge is -2.34. The van der Waals surface area contributed by atoms with Gasteiger partial charge in [-0.05, 0) is 36.1 Å². The van der Waals surface area contributed by atoms with Crippen molar-refractivity contribution in [1.29, 1.82) is 0 Å². The summed E-state index contributed by atoms with van der Waals surface area (Å²) < 4.78 is 0.879. The van der Waals surface area contributed by atoms with E-state index in [1.54, 1.807) is 11.3 Å². The van der Waals surface area contributed by atoms with Crippen LogP contribution in [0.2, 0.25) is 4.34 Å². The van der Waals surface area contributed by atoms with Crippen LogP contribution >= 0.6 is 22.9 Å². The maximum atomic E-state index is 6.06. The number of fused-ring (bicyclic) bond motifs is 1. The molecule has 1 unspecified atom stereocenters. The van der Waals surface area contributed by atoms with Gasteiger partial charge in [0.05, 0.1) is 4.34 Å². The molecule has 1 aliphatic heterocycles. The minimum Gasteiger partial charge on any atom is -0.378 e. The van der Waals surface area contributed by atoms with Gasteiger partial charge in [-0.15, -0.1) is 11.3 Å². The topological polar surface area (TPSA) is 12.0 Å². The SMILES string of the molecule is CC(C)C1(Cc2ccc(Cl)s2)Cc2ccccc2N1. The van der Waals surface area contributed by atoms with Gasteiger partial charge in [-0.2, -0.15) is 0 Å². The summed E-state index contributed by atoms with van der Waals surface area (Å²) in [5.41, 5.74) is 2.84. The number of hydrogen-bond donors (Lipinski definition) is 1. The van der Waals surface area contributed by atoms with E-state index in [0.29, 0.717) is 5.92 Å². The molecular formula is C16H18ClNS.